The summed E-state index contributed by atoms with van der Waals surface area (Å²) in [6.45, 7) is 0.881. The number of hydrogen-bond acceptors (Lipinski definition) is 3. The number of carbonyl (C=O) groups excluding carboxylic acids is 1. The van der Waals surface area contributed by atoms with Crippen molar-refractivity contribution in [1.82, 2.24) is 5.32 Å². The average molecular weight is 416 g/mol. The van der Waals surface area contributed by atoms with Crippen LogP contribution in [0.15, 0.2) is 78.9 Å². The highest BCUT2D eigenvalue weighted by atomic mass is 32.1. The second-order valence-corrected chi connectivity index (χ2v) is 7.66. The predicted molar refractivity (Wildman–Crippen MR) is 126 cm³/mol. The number of fused-ring (bicyclic) bond motifs is 3. The van der Waals surface area contributed by atoms with E-state index in [-0.39, 0.29) is 12.0 Å². The average Bonchev–Trinajstić information content (AvgIpc) is 3.11. The Hall–Kier alpha value is -2.98. The van der Waals surface area contributed by atoms with E-state index in [9.17, 15) is 4.79 Å². The zero-order chi connectivity index (χ0) is 20.8. The standard InChI is InChI=1S/C26H25NO2S/c28-26(27-15-6-5-8-19-9-7-10-20(16-19)18-30)29-17-25-23-13-3-1-11-21(23)22-12-2-4-14-24(22)25/h1-5,7-14,16,25,30H,6,15,17-18H2,(H,27,28). The van der Waals surface area contributed by atoms with Crippen LogP contribution in [0.4, 0.5) is 4.79 Å². The smallest absolute Gasteiger partial charge is 0.407 e. The Balaban J connectivity index is 1.27. The zero-order valence-electron chi connectivity index (χ0n) is 16.8. The molecular formula is C26H25NO2S. The lowest BCUT2D eigenvalue weighted by Gasteiger charge is -2.14. The Labute approximate surface area is 183 Å². The van der Waals surface area contributed by atoms with Gasteiger partial charge in [0.15, 0.2) is 0 Å². The van der Waals surface area contributed by atoms with Gasteiger partial charge < -0.3 is 10.1 Å². The van der Waals surface area contributed by atoms with Crippen LogP contribution in [0, 0.1) is 0 Å². The summed E-state index contributed by atoms with van der Waals surface area (Å²) in [6, 6.07) is 24.9. The van der Waals surface area contributed by atoms with Gasteiger partial charge in [0.25, 0.3) is 0 Å². The number of rotatable bonds is 7. The molecule has 4 heteroatoms. The van der Waals surface area contributed by atoms with E-state index >= 15 is 0 Å². The minimum atomic E-state index is -0.373. The van der Waals surface area contributed by atoms with E-state index in [0.717, 1.165) is 17.7 Å². The van der Waals surface area contributed by atoms with Crippen molar-refractivity contribution in [2.24, 2.45) is 0 Å². The first-order valence-electron chi connectivity index (χ1n) is 10.2. The van der Waals surface area contributed by atoms with Gasteiger partial charge in [0, 0.05) is 18.2 Å². The number of amides is 1. The van der Waals surface area contributed by atoms with Crippen LogP contribution >= 0.6 is 12.6 Å². The van der Waals surface area contributed by atoms with Gasteiger partial charge >= 0.3 is 6.09 Å². The van der Waals surface area contributed by atoms with Gasteiger partial charge in [-0.05, 0) is 39.8 Å². The summed E-state index contributed by atoms with van der Waals surface area (Å²) in [5.74, 6) is 0.813. The van der Waals surface area contributed by atoms with Crippen molar-refractivity contribution in [1.29, 1.82) is 0 Å². The fourth-order valence-corrected chi connectivity index (χ4v) is 4.12. The molecule has 1 N–H and O–H groups in total. The third-order valence-electron chi connectivity index (χ3n) is 5.37. The van der Waals surface area contributed by atoms with Crippen LogP contribution < -0.4 is 5.32 Å². The highest BCUT2D eigenvalue weighted by Crippen LogP contribution is 2.44. The highest BCUT2D eigenvalue weighted by molar-refractivity contribution is 7.79. The molecule has 0 unspecified atom stereocenters. The largest absolute Gasteiger partial charge is 0.449 e. The number of carbonyl (C=O) groups is 1. The van der Waals surface area contributed by atoms with Crippen LogP contribution in [-0.2, 0) is 10.5 Å². The maximum atomic E-state index is 12.2. The number of nitrogens with one attached hydrogen (secondary N) is 1. The molecule has 3 nitrogen and oxygen atoms in total. The molecule has 4 rings (SSSR count). The summed E-state index contributed by atoms with van der Waals surface area (Å²) < 4.78 is 5.55. The Kier molecular flexibility index (Phi) is 6.55. The first-order valence-corrected chi connectivity index (χ1v) is 10.8. The van der Waals surface area contributed by atoms with Gasteiger partial charge in [-0.3, -0.25) is 0 Å². The minimum absolute atomic E-state index is 0.0853. The van der Waals surface area contributed by atoms with Crippen molar-refractivity contribution < 1.29 is 9.53 Å². The fourth-order valence-electron chi connectivity index (χ4n) is 3.92. The van der Waals surface area contributed by atoms with Crippen LogP contribution in [0.2, 0.25) is 0 Å². The molecule has 0 aliphatic heterocycles. The van der Waals surface area contributed by atoms with Gasteiger partial charge in [-0.1, -0.05) is 84.9 Å². The Morgan fingerprint density at radius 1 is 0.967 bits per heavy atom. The van der Waals surface area contributed by atoms with E-state index < -0.39 is 0 Å². The highest BCUT2D eigenvalue weighted by Gasteiger charge is 2.28. The van der Waals surface area contributed by atoms with E-state index in [1.165, 1.54) is 27.8 Å². The maximum absolute atomic E-state index is 12.2. The summed E-state index contributed by atoms with van der Waals surface area (Å²) in [4.78, 5) is 12.2. The molecule has 0 fully saturated rings. The van der Waals surface area contributed by atoms with E-state index in [0.29, 0.717) is 13.2 Å². The van der Waals surface area contributed by atoms with Crippen LogP contribution in [0.1, 0.15) is 34.6 Å². The molecule has 0 heterocycles. The summed E-state index contributed by atoms with van der Waals surface area (Å²) in [6.07, 6.45) is 4.49. The molecular weight excluding hydrogens is 390 g/mol. The number of thiol groups is 1. The molecule has 0 saturated heterocycles. The van der Waals surface area contributed by atoms with Crippen molar-refractivity contribution in [2.75, 3.05) is 13.2 Å². The van der Waals surface area contributed by atoms with Gasteiger partial charge in [0.05, 0.1) is 0 Å². The van der Waals surface area contributed by atoms with Gasteiger partial charge in [0.1, 0.15) is 6.61 Å². The third-order valence-corrected chi connectivity index (χ3v) is 5.73. The van der Waals surface area contributed by atoms with E-state index in [1.807, 2.05) is 30.3 Å². The second-order valence-electron chi connectivity index (χ2n) is 7.35. The van der Waals surface area contributed by atoms with E-state index in [2.05, 4.69) is 72.6 Å². The maximum Gasteiger partial charge on any atom is 0.407 e. The van der Waals surface area contributed by atoms with Crippen LogP contribution in [0.5, 0.6) is 0 Å². The lowest BCUT2D eigenvalue weighted by Crippen LogP contribution is -2.26. The quantitative estimate of drug-likeness (QED) is 0.364. The molecule has 30 heavy (non-hydrogen) atoms. The second kappa shape index (κ2) is 9.68. The van der Waals surface area contributed by atoms with Gasteiger partial charge in [-0.15, -0.1) is 0 Å². The van der Waals surface area contributed by atoms with Gasteiger partial charge in [0.2, 0.25) is 0 Å². The predicted octanol–water partition coefficient (Wildman–Crippen LogP) is 6.06. The molecule has 3 aromatic carbocycles. The van der Waals surface area contributed by atoms with E-state index in [4.69, 9.17) is 4.74 Å². The molecule has 0 aromatic heterocycles. The molecule has 1 aliphatic rings. The summed E-state index contributed by atoms with van der Waals surface area (Å²) in [5.41, 5.74) is 7.24. The first-order chi connectivity index (χ1) is 14.8. The molecule has 152 valence electrons. The molecule has 0 saturated carbocycles. The van der Waals surface area contributed by atoms with E-state index in [1.54, 1.807) is 0 Å². The number of hydrogen-bond donors (Lipinski definition) is 2. The lowest BCUT2D eigenvalue weighted by atomic mass is 9.98. The summed E-state index contributed by atoms with van der Waals surface area (Å²) in [5, 5.41) is 2.84. The Morgan fingerprint density at radius 3 is 2.37 bits per heavy atom. The van der Waals surface area contributed by atoms with Gasteiger partial charge in [-0.25, -0.2) is 4.79 Å². The van der Waals surface area contributed by atoms with Crippen LogP contribution in [0.3, 0.4) is 0 Å². The lowest BCUT2D eigenvalue weighted by molar-refractivity contribution is 0.143. The topological polar surface area (TPSA) is 38.3 Å². The molecule has 0 bridgehead atoms. The number of ether oxygens (including phenoxy) is 1. The monoisotopic (exact) mass is 415 g/mol. The van der Waals surface area contributed by atoms with Crippen molar-refractivity contribution in [3.63, 3.8) is 0 Å². The number of benzene rings is 3. The molecule has 1 amide bonds. The zero-order valence-corrected chi connectivity index (χ0v) is 17.6. The number of alkyl carbamates (subject to hydrolysis) is 1. The molecule has 0 atom stereocenters. The van der Waals surface area contributed by atoms with Crippen molar-refractivity contribution >= 4 is 24.8 Å². The Bertz CT molecular complexity index is 1010. The normalized spacial score (nSPS) is 12.6. The van der Waals surface area contributed by atoms with Crippen LogP contribution in [0.25, 0.3) is 17.2 Å². The van der Waals surface area contributed by atoms with Gasteiger partial charge in [-0.2, -0.15) is 12.6 Å². The molecule has 0 spiro atoms. The summed E-state index contributed by atoms with van der Waals surface area (Å²) in [7, 11) is 0. The Morgan fingerprint density at radius 2 is 1.67 bits per heavy atom. The minimum Gasteiger partial charge on any atom is -0.449 e. The van der Waals surface area contributed by atoms with Crippen molar-refractivity contribution in [3.05, 3.63) is 101 Å². The molecule has 3 aromatic rings. The molecule has 1 aliphatic carbocycles. The third kappa shape index (κ3) is 4.60. The summed E-state index contributed by atoms with van der Waals surface area (Å²) >= 11 is 4.30. The SMILES string of the molecule is O=C(NCCC=Cc1cccc(CS)c1)OCC1c2ccccc2-c2ccccc21. The van der Waals surface area contributed by atoms with Crippen LogP contribution in [-0.4, -0.2) is 19.2 Å². The fraction of sp³-hybridized carbons (Fsp3) is 0.192. The van der Waals surface area contributed by atoms with Crippen molar-refractivity contribution in [2.45, 2.75) is 18.1 Å². The first kappa shape index (κ1) is 20.3. The molecule has 0 radical (unpaired) electrons. The van der Waals surface area contributed by atoms with Crippen molar-refractivity contribution in [3.8, 4) is 11.1 Å².